The van der Waals surface area contributed by atoms with Gasteiger partial charge in [0.05, 0.1) is 134 Å². The Balaban J connectivity index is 0.0000000956. The number of aromatic nitrogens is 15. The van der Waals surface area contributed by atoms with E-state index in [0.717, 1.165) is 195 Å². The van der Waals surface area contributed by atoms with Crippen LogP contribution in [-0.4, -0.2) is 69.5 Å². The van der Waals surface area contributed by atoms with Gasteiger partial charge >= 0.3 is 0 Å². The number of imidazole rings is 12. The Morgan fingerprint density at radius 3 is 0.704 bits per heavy atom. The highest BCUT2D eigenvalue weighted by atomic mass is 15.3. The van der Waals surface area contributed by atoms with Crippen LogP contribution in [0.5, 0.6) is 0 Å². The van der Waals surface area contributed by atoms with Crippen molar-refractivity contribution >= 4 is 215 Å². The van der Waals surface area contributed by atoms with E-state index in [2.05, 4.69) is 333 Å². The molecule has 576 valence electrons. The largest absolute Gasteiger partial charge is 0.276 e. The third kappa shape index (κ3) is 9.19. The molecule has 0 saturated heterocycles. The molecule has 0 aliphatic heterocycles. The summed E-state index contributed by atoms with van der Waals surface area (Å²) in [5.74, 6) is 5.08. The van der Waals surface area contributed by atoms with Crippen molar-refractivity contribution < 1.29 is 0 Å². The molecular weight excluding hydrogens is 1540 g/mol. The fourth-order valence-electron chi connectivity index (χ4n) is 20.7. The van der Waals surface area contributed by atoms with Crippen molar-refractivity contribution in [3.8, 4) is 51.6 Å². The zero-order valence-corrected chi connectivity index (χ0v) is 66.6. The fraction of sp³-hybridized carbons (Fsp3) is 0.0187. The summed E-state index contributed by atoms with van der Waals surface area (Å²) in [7, 11) is 0. The van der Waals surface area contributed by atoms with Gasteiger partial charge in [-0.15, -0.1) is 0 Å². The highest BCUT2D eigenvalue weighted by Crippen LogP contribution is 2.45. The number of benzene rings is 18. The molecule has 125 heavy (non-hydrogen) atoms. The molecule has 12 aromatic heterocycles. The zero-order valence-electron chi connectivity index (χ0n) is 66.6. The molecule has 0 aliphatic carbocycles. The molecule has 30 aromatic rings. The van der Waals surface area contributed by atoms with E-state index >= 15 is 0 Å². The Morgan fingerprint density at radius 1 is 0.192 bits per heavy atom. The first-order chi connectivity index (χ1) is 61.6. The van der Waals surface area contributed by atoms with Crippen LogP contribution < -0.4 is 0 Å². The van der Waals surface area contributed by atoms with Crippen molar-refractivity contribution in [1.82, 2.24) is 69.5 Å². The maximum atomic E-state index is 9.61. The fourth-order valence-corrected chi connectivity index (χ4v) is 20.7. The maximum absolute atomic E-state index is 9.61. The van der Waals surface area contributed by atoms with E-state index in [4.69, 9.17) is 29.9 Å². The van der Waals surface area contributed by atoms with E-state index in [1.807, 2.05) is 54.6 Å². The lowest BCUT2D eigenvalue weighted by Gasteiger charge is -2.12. The Labute approximate surface area is 704 Å². The van der Waals surface area contributed by atoms with Gasteiger partial charge in [-0.1, -0.05) is 170 Å². The molecule has 0 aliphatic rings. The van der Waals surface area contributed by atoms with Gasteiger partial charge in [0.1, 0.15) is 16.6 Å². The monoisotopic (exact) mass is 1590 g/mol. The molecule has 18 heteroatoms. The summed E-state index contributed by atoms with van der Waals surface area (Å²) in [4.78, 5) is 31.2. The van der Waals surface area contributed by atoms with Crippen LogP contribution in [-0.2, 0) is 0 Å². The van der Waals surface area contributed by atoms with Crippen LogP contribution in [0.3, 0.4) is 0 Å². The molecule has 0 saturated carbocycles. The minimum Gasteiger partial charge on any atom is -0.276 e. The molecule has 0 radical (unpaired) electrons. The quantitative estimate of drug-likeness (QED) is 0.166. The van der Waals surface area contributed by atoms with Crippen LogP contribution >= 0.6 is 0 Å². The van der Waals surface area contributed by atoms with Crippen molar-refractivity contribution in [2.45, 2.75) is 13.8 Å². The summed E-state index contributed by atoms with van der Waals surface area (Å²) in [5.41, 5.74) is 32.4. The van der Waals surface area contributed by atoms with Crippen LogP contribution in [0.25, 0.3) is 249 Å². The molecule has 0 N–H and O–H groups in total. The molecule has 30 rings (SSSR count). The lowest BCUT2D eigenvalue weighted by atomic mass is 9.93. The second kappa shape index (κ2) is 24.2. The molecule has 18 aromatic carbocycles. The Kier molecular flexibility index (Phi) is 13.0. The zero-order chi connectivity index (χ0) is 82.2. The Morgan fingerprint density at radius 2 is 0.440 bits per heavy atom. The van der Waals surface area contributed by atoms with Crippen molar-refractivity contribution in [3.63, 3.8) is 0 Å². The van der Waals surface area contributed by atoms with Gasteiger partial charge in [-0.25, -0.2) is 43.1 Å². The topological polar surface area (TPSA) is 188 Å². The predicted octanol–water partition coefficient (Wildman–Crippen LogP) is 24.5. The number of hydrogen-bond acceptors (Lipinski definition) is 9. The second-order valence-corrected chi connectivity index (χ2v) is 33.2. The van der Waals surface area contributed by atoms with Gasteiger partial charge in [0.25, 0.3) is 0 Å². The lowest BCUT2D eigenvalue weighted by Crippen LogP contribution is -1.93. The molecule has 0 spiro atoms. The van der Waals surface area contributed by atoms with E-state index < -0.39 is 0 Å². The number of nitrogens with zero attached hydrogens (tertiary/aromatic N) is 18. The summed E-state index contributed by atoms with van der Waals surface area (Å²) in [5, 5.41) is 42.7. The minimum atomic E-state index is 0.640. The van der Waals surface area contributed by atoms with Crippen molar-refractivity contribution in [2.75, 3.05) is 0 Å². The summed E-state index contributed by atoms with van der Waals surface area (Å²) in [6.07, 6.45) is 0. The average molecular weight is 1600 g/mol. The molecule has 0 unspecified atom stereocenters. The van der Waals surface area contributed by atoms with E-state index in [-0.39, 0.29) is 0 Å². The molecule has 12 heterocycles. The van der Waals surface area contributed by atoms with E-state index in [1.165, 1.54) is 64.6 Å². The summed E-state index contributed by atoms with van der Waals surface area (Å²) in [6, 6.07) is 117. The van der Waals surface area contributed by atoms with Gasteiger partial charge in [-0.2, -0.15) is 15.8 Å². The molecule has 18 nitrogen and oxygen atoms in total. The van der Waals surface area contributed by atoms with Crippen molar-refractivity contribution in [1.29, 1.82) is 15.8 Å². The first-order valence-electron chi connectivity index (χ1n) is 41.5. The van der Waals surface area contributed by atoms with Crippen LogP contribution in [0.2, 0.25) is 0 Å². The minimum absolute atomic E-state index is 0.640. The standard InChI is InChI=1S/C37H22N6.2C35H18N6/c1-20-11-22(19-38)12-21(2)34(20)27-17-32-35-33(18-27)42-31-16-26-10-6-4-8-24(26)14-29(31)40-37(42)43(35)36-39-28-13-23-7-3-5-9-25(23)15-30(28)41(32)36;36-19-20-6-5-11-21(12-20)26-17-31-33-32(18-26)40-30-16-25-10-4-2-8-23(25)14-28(30)38-35(40)41(33)34-37-27-13-22-7-1-3-9-24(22)15-29(27)39(31)34;36-19-20-9-11-21(12-10-20)26-17-31-33-32(18-26)40-30-16-25-8-4-2-6-23(25)14-28(30)38-35(40)41(33)34-37-27-13-22-5-1-3-7-24(22)15-29(27)39(31)34/h3-18H,1-2H3;2*1-18H. The highest BCUT2D eigenvalue weighted by Gasteiger charge is 2.31. The third-order valence-electron chi connectivity index (χ3n) is 26.2. The molecule has 0 amide bonds. The third-order valence-corrected chi connectivity index (χ3v) is 26.2. The van der Waals surface area contributed by atoms with Gasteiger partial charge in [-0.3, -0.25) is 26.4 Å². The number of aryl methyl sites for hydroxylation is 2. The van der Waals surface area contributed by atoms with Crippen LogP contribution in [0.1, 0.15) is 27.8 Å². The Bertz CT molecular complexity index is 9740. The highest BCUT2D eigenvalue weighted by molar-refractivity contribution is 6.14. The van der Waals surface area contributed by atoms with Gasteiger partial charge in [-0.05, 0) is 269 Å². The smallest absolute Gasteiger partial charge is 0.223 e. The lowest BCUT2D eigenvalue weighted by molar-refractivity contribution is 1.15. The normalized spacial score (nSPS) is 12.4. The van der Waals surface area contributed by atoms with Gasteiger partial charge in [0.2, 0.25) is 34.7 Å². The second-order valence-electron chi connectivity index (χ2n) is 33.2. The van der Waals surface area contributed by atoms with Crippen LogP contribution in [0.4, 0.5) is 0 Å². The first-order valence-corrected chi connectivity index (χ1v) is 41.5. The molecular formula is C107H58N18. The summed E-state index contributed by atoms with van der Waals surface area (Å²) in [6.45, 7) is 4.19. The molecule has 0 bridgehead atoms. The SMILES string of the molecule is Cc1cc(C#N)cc(C)c1-c1cc2c3c(c1)n1c4cc5ccccc5cc4nc1n3c1nc3cc4ccccc4cc3n21.N#Cc1ccc(-c2cc3c4c(c2)n2c5cc6ccccc6cc5nc2n4c2nc4cc5ccccc5cc4n32)cc1.N#Cc1cccc(-c2cc3c4c(c2)n2c5cc6ccccc6cc5nc2n4c2nc4cc5ccccc5cc4n32)c1. The van der Waals surface area contributed by atoms with Gasteiger partial charge < -0.3 is 0 Å². The average Bonchev–Trinajstić information content (AvgIpc) is 1.35. The van der Waals surface area contributed by atoms with E-state index in [0.29, 0.717) is 16.7 Å². The van der Waals surface area contributed by atoms with E-state index in [1.54, 1.807) is 0 Å². The Hall–Kier alpha value is -17.8. The number of nitriles is 3. The first kappa shape index (κ1) is 67.1. The number of fused-ring (bicyclic) bond motifs is 36. The molecule has 0 fully saturated rings. The van der Waals surface area contributed by atoms with Gasteiger partial charge in [0, 0.05) is 0 Å². The van der Waals surface area contributed by atoms with Crippen molar-refractivity contribution in [3.05, 3.63) is 343 Å². The van der Waals surface area contributed by atoms with Crippen molar-refractivity contribution in [2.24, 2.45) is 0 Å². The van der Waals surface area contributed by atoms with Crippen LogP contribution in [0.15, 0.2) is 315 Å². The number of hydrogen-bond donors (Lipinski definition) is 0. The van der Waals surface area contributed by atoms with Gasteiger partial charge in [0.15, 0.2) is 0 Å². The predicted molar refractivity (Wildman–Crippen MR) is 501 cm³/mol. The van der Waals surface area contributed by atoms with Crippen LogP contribution in [0, 0.1) is 47.8 Å². The van der Waals surface area contributed by atoms with E-state index in [9.17, 15) is 15.8 Å². The summed E-state index contributed by atoms with van der Waals surface area (Å²) < 4.78 is 20.3. The number of rotatable bonds is 3. The molecule has 0 atom stereocenters. The summed E-state index contributed by atoms with van der Waals surface area (Å²) >= 11 is 0. The maximum Gasteiger partial charge on any atom is 0.223 e.